The smallest absolute Gasteiger partial charge is 0.330 e. The number of amides is 2. The zero-order valence-electron chi connectivity index (χ0n) is 10.6. The van der Waals surface area contributed by atoms with E-state index >= 15 is 0 Å². The van der Waals surface area contributed by atoms with Crippen LogP contribution in [0.5, 0.6) is 0 Å². The van der Waals surface area contributed by atoms with Gasteiger partial charge in [0.05, 0.1) is 17.5 Å². The van der Waals surface area contributed by atoms with Gasteiger partial charge in [0.15, 0.2) is 5.12 Å². The second kappa shape index (κ2) is 5.87. The summed E-state index contributed by atoms with van der Waals surface area (Å²) >= 11 is 0.978. The van der Waals surface area contributed by atoms with Gasteiger partial charge < -0.3 is 4.84 Å². The second-order valence-corrected chi connectivity index (χ2v) is 5.28. The van der Waals surface area contributed by atoms with E-state index < -0.39 is 17.8 Å². The number of carbonyl (C=O) groups is 4. The van der Waals surface area contributed by atoms with Crippen molar-refractivity contribution in [3.63, 3.8) is 0 Å². The molecule has 0 saturated carbocycles. The highest BCUT2D eigenvalue weighted by molar-refractivity contribution is 8.13. The molecule has 7 heteroatoms. The zero-order chi connectivity index (χ0) is 14.7. The molecule has 0 spiro atoms. The standard InChI is InChI=1S/C13H11NO5S/c1-8(15)20-7-6-11(16)19-14-12(17)9-4-2-3-5-10(9)13(14)18/h2-5H,6-7H2,1H3. The lowest BCUT2D eigenvalue weighted by Crippen LogP contribution is -2.32. The Balaban J connectivity index is 1.98. The first-order valence-corrected chi connectivity index (χ1v) is 6.81. The summed E-state index contributed by atoms with van der Waals surface area (Å²) in [5, 5.41) is 0.351. The van der Waals surface area contributed by atoms with Crippen LogP contribution in [-0.2, 0) is 14.4 Å². The number of fused-ring (bicyclic) bond motifs is 1. The molecule has 104 valence electrons. The first-order chi connectivity index (χ1) is 9.50. The van der Waals surface area contributed by atoms with Crippen LogP contribution in [0.25, 0.3) is 0 Å². The topological polar surface area (TPSA) is 80.8 Å². The summed E-state index contributed by atoms with van der Waals surface area (Å²) in [6.45, 7) is 1.39. The van der Waals surface area contributed by atoms with Crippen LogP contribution in [0.2, 0.25) is 0 Å². The van der Waals surface area contributed by atoms with E-state index in [-0.39, 0.29) is 28.4 Å². The highest BCUT2D eigenvalue weighted by Crippen LogP contribution is 2.22. The number of rotatable bonds is 4. The first-order valence-electron chi connectivity index (χ1n) is 5.82. The quantitative estimate of drug-likeness (QED) is 0.781. The molecule has 0 fully saturated rings. The van der Waals surface area contributed by atoms with Crippen molar-refractivity contribution in [3.8, 4) is 0 Å². The van der Waals surface area contributed by atoms with Gasteiger partial charge in [0.1, 0.15) is 0 Å². The summed E-state index contributed by atoms with van der Waals surface area (Å²) in [7, 11) is 0. The van der Waals surface area contributed by atoms with Crippen LogP contribution in [0.15, 0.2) is 24.3 Å². The van der Waals surface area contributed by atoms with Gasteiger partial charge in [-0.25, -0.2) is 4.79 Å². The molecule has 0 unspecified atom stereocenters. The monoisotopic (exact) mass is 293 g/mol. The molecule has 1 heterocycles. The second-order valence-electron chi connectivity index (χ2n) is 4.00. The van der Waals surface area contributed by atoms with Crippen molar-refractivity contribution in [2.24, 2.45) is 0 Å². The van der Waals surface area contributed by atoms with Crippen molar-refractivity contribution >= 4 is 34.7 Å². The van der Waals surface area contributed by atoms with E-state index in [0.29, 0.717) is 5.06 Å². The van der Waals surface area contributed by atoms with Crippen LogP contribution >= 0.6 is 11.8 Å². The van der Waals surface area contributed by atoms with E-state index in [1.807, 2.05) is 0 Å². The lowest BCUT2D eigenvalue weighted by atomic mass is 10.1. The number of hydrogen-bond donors (Lipinski definition) is 0. The van der Waals surface area contributed by atoms with Gasteiger partial charge >= 0.3 is 5.97 Å². The van der Waals surface area contributed by atoms with Gasteiger partial charge in [0.25, 0.3) is 11.8 Å². The molecule has 0 radical (unpaired) electrons. The van der Waals surface area contributed by atoms with E-state index in [9.17, 15) is 19.2 Å². The number of carbonyl (C=O) groups excluding carboxylic acids is 4. The van der Waals surface area contributed by atoms with E-state index in [4.69, 9.17) is 4.84 Å². The van der Waals surface area contributed by atoms with Crippen molar-refractivity contribution in [2.45, 2.75) is 13.3 Å². The van der Waals surface area contributed by atoms with Crippen LogP contribution in [0.1, 0.15) is 34.1 Å². The minimum absolute atomic E-state index is 0.0579. The minimum atomic E-state index is -0.728. The molecule has 2 rings (SSSR count). The summed E-state index contributed by atoms with van der Waals surface area (Å²) < 4.78 is 0. The molecule has 2 amide bonds. The maximum Gasteiger partial charge on any atom is 0.334 e. The van der Waals surface area contributed by atoms with Gasteiger partial charge in [-0.05, 0) is 12.1 Å². The van der Waals surface area contributed by atoms with Gasteiger partial charge in [0.2, 0.25) is 0 Å². The Kier molecular flexibility index (Phi) is 4.19. The first kappa shape index (κ1) is 14.3. The fraction of sp³-hybridized carbons (Fsp3) is 0.231. The third-order valence-corrected chi connectivity index (χ3v) is 3.38. The molecule has 0 N–H and O–H groups in total. The normalized spacial score (nSPS) is 13.3. The van der Waals surface area contributed by atoms with Crippen molar-refractivity contribution in [3.05, 3.63) is 35.4 Å². The predicted octanol–water partition coefficient (Wildman–Crippen LogP) is 1.41. The Morgan fingerprint density at radius 2 is 1.70 bits per heavy atom. The van der Waals surface area contributed by atoms with E-state index in [1.165, 1.54) is 19.1 Å². The number of thioether (sulfide) groups is 1. The van der Waals surface area contributed by atoms with Gasteiger partial charge in [0, 0.05) is 12.7 Å². The molecule has 1 aromatic rings. The third kappa shape index (κ3) is 2.88. The summed E-state index contributed by atoms with van der Waals surface area (Å²) in [6.07, 6.45) is -0.0579. The minimum Gasteiger partial charge on any atom is -0.330 e. The molecule has 0 bridgehead atoms. The van der Waals surface area contributed by atoms with E-state index in [2.05, 4.69) is 0 Å². The Morgan fingerprint density at radius 3 is 2.20 bits per heavy atom. The molecule has 6 nitrogen and oxygen atoms in total. The van der Waals surface area contributed by atoms with Gasteiger partial charge in [-0.15, -0.1) is 0 Å². The number of imide groups is 1. The SMILES string of the molecule is CC(=O)SCCC(=O)ON1C(=O)c2ccccc2C1=O. The van der Waals surface area contributed by atoms with Crippen molar-refractivity contribution in [1.29, 1.82) is 0 Å². The summed E-state index contributed by atoms with van der Waals surface area (Å²) in [5.41, 5.74) is 0.423. The molecule has 0 saturated heterocycles. The predicted molar refractivity (Wildman–Crippen MR) is 70.8 cm³/mol. The van der Waals surface area contributed by atoms with Gasteiger partial charge in [-0.2, -0.15) is 0 Å². The van der Waals surface area contributed by atoms with E-state index in [1.54, 1.807) is 12.1 Å². The van der Waals surface area contributed by atoms with Crippen LogP contribution in [-0.4, -0.2) is 33.7 Å². The van der Waals surface area contributed by atoms with Gasteiger partial charge in [-0.3, -0.25) is 14.4 Å². The van der Waals surface area contributed by atoms with Gasteiger partial charge in [-0.1, -0.05) is 29.0 Å². The number of hydroxylamine groups is 2. The molecule has 0 aliphatic carbocycles. The molecule has 0 atom stereocenters. The highest BCUT2D eigenvalue weighted by Gasteiger charge is 2.38. The lowest BCUT2D eigenvalue weighted by molar-refractivity contribution is -0.167. The lowest BCUT2D eigenvalue weighted by Gasteiger charge is -2.12. The van der Waals surface area contributed by atoms with Crippen LogP contribution < -0.4 is 0 Å². The Hall–Kier alpha value is -2.15. The zero-order valence-corrected chi connectivity index (χ0v) is 11.4. The summed E-state index contributed by atoms with van der Waals surface area (Å²) in [4.78, 5) is 50.8. The number of benzene rings is 1. The largest absolute Gasteiger partial charge is 0.334 e. The van der Waals surface area contributed by atoms with E-state index in [0.717, 1.165) is 11.8 Å². The maximum absolute atomic E-state index is 11.9. The molecule has 1 aliphatic heterocycles. The Morgan fingerprint density at radius 1 is 1.15 bits per heavy atom. The van der Waals surface area contributed by atoms with Crippen molar-refractivity contribution in [2.75, 3.05) is 5.75 Å². The van der Waals surface area contributed by atoms with Crippen molar-refractivity contribution in [1.82, 2.24) is 5.06 Å². The average Bonchev–Trinajstić information content (AvgIpc) is 2.64. The Labute approximate surface area is 119 Å². The fourth-order valence-electron chi connectivity index (χ4n) is 1.68. The number of hydrogen-bond acceptors (Lipinski definition) is 6. The molecular formula is C13H11NO5S. The Bertz CT molecular complexity index is 563. The molecule has 1 aromatic carbocycles. The summed E-state index contributed by atoms with van der Waals surface area (Å²) in [5.74, 6) is -1.79. The number of nitrogens with zero attached hydrogens (tertiary/aromatic N) is 1. The van der Waals surface area contributed by atoms with Crippen LogP contribution in [0.4, 0.5) is 0 Å². The highest BCUT2D eigenvalue weighted by atomic mass is 32.2. The van der Waals surface area contributed by atoms with Crippen molar-refractivity contribution < 1.29 is 24.0 Å². The fourth-order valence-corrected chi connectivity index (χ4v) is 2.23. The third-order valence-electron chi connectivity index (χ3n) is 2.56. The summed E-state index contributed by atoms with van der Waals surface area (Å²) in [6, 6.07) is 6.24. The maximum atomic E-state index is 11.9. The van der Waals surface area contributed by atoms with Crippen LogP contribution in [0.3, 0.4) is 0 Å². The molecular weight excluding hydrogens is 282 g/mol. The molecule has 20 heavy (non-hydrogen) atoms. The average molecular weight is 293 g/mol. The molecule has 1 aliphatic rings. The van der Waals surface area contributed by atoms with Crippen LogP contribution in [0, 0.1) is 0 Å². The molecule has 0 aromatic heterocycles.